The molecule has 4 aromatic heterocycles. The summed E-state index contributed by atoms with van der Waals surface area (Å²) in [6.45, 7) is 1.70. The van der Waals surface area contributed by atoms with Crippen LogP contribution >= 0.6 is 0 Å². The number of anilines is 2. The van der Waals surface area contributed by atoms with Gasteiger partial charge in [0.2, 0.25) is 11.8 Å². The van der Waals surface area contributed by atoms with Crippen molar-refractivity contribution in [2.75, 3.05) is 31.4 Å². The summed E-state index contributed by atoms with van der Waals surface area (Å²) in [5.74, 6) is 0.950. The van der Waals surface area contributed by atoms with E-state index in [9.17, 15) is 4.79 Å². The van der Waals surface area contributed by atoms with Gasteiger partial charge in [-0.3, -0.25) is 4.79 Å². The highest BCUT2D eigenvalue weighted by Gasteiger charge is 2.23. The van der Waals surface area contributed by atoms with Crippen molar-refractivity contribution in [1.29, 1.82) is 0 Å². The molecule has 5 aromatic rings. The third-order valence-electron chi connectivity index (χ3n) is 5.46. The molecule has 1 amide bonds. The van der Waals surface area contributed by atoms with Gasteiger partial charge in [0.1, 0.15) is 22.7 Å². The molecule has 5 rings (SSSR count). The summed E-state index contributed by atoms with van der Waals surface area (Å²) in [4.78, 5) is 24.2. The van der Waals surface area contributed by atoms with Crippen molar-refractivity contribution in [2.45, 2.75) is 6.92 Å². The molecule has 0 aliphatic carbocycles. The van der Waals surface area contributed by atoms with Crippen molar-refractivity contribution < 1.29 is 14.1 Å². The van der Waals surface area contributed by atoms with Crippen LogP contribution in [0.3, 0.4) is 0 Å². The highest BCUT2D eigenvalue weighted by Crippen LogP contribution is 2.30. The van der Waals surface area contributed by atoms with Crippen LogP contribution < -0.4 is 15.0 Å². The summed E-state index contributed by atoms with van der Waals surface area (Å²) < 4.78 is 12.5. The second-order valence-corrected chi connectivity index (χ2v) is 8.06. The number of pyridine rings is 2. The Kier molecular flexibility index (Phi) is 5.61. The number of aromatic nitrogens is 5. The van der Waals surface area contributed by atoms with Gasteiger partial charge in [0.25, 0.3) is 5.91 Å². The van der Waals surface area contributed by atoms with Gasteiger partial charge in [-0.05, 0) is 31.2 Å². The maximum atomic E-state index is 13.2. The van der Waals surface area contributed by atoms with Crippen molar-refractivity contribution in [1.82, 2.24) is 24.7 Å². The summed E-state index contributed by atoms with van der Waals surface area (Å²) >= 11 is 0. The molecule has 0 saturated carbocycles. The number of amides is 1. The summed E-state index contributed by atoms with van der Waals surface area (Å²) in [5, 5.41) is 11.4. The lowest BCUT2D eigenvalue weighted by Gasteiger charge is -2.11. The quantitative estimate of drug-likeness (QED) is 0.396. The van der Waals surface area contributed by atoms with E-state index in [1.807, 2.05) is 73.7 Å². The van der Waals surface area contributed by atoms with E-state index in [2.05, 4.69) is 25.5 Å². The fourth-order valence-corrected chi connectivity index (χ4v) is 3.69. The number of nitrogens with one attached hydrogen (secondary N) is 1. The van der Waals surface area contributed by atoms with Crippen LogP contribution in [0.2, 0.25) is 0 Å². The van der Waals surface area contributed by atoms with Gasteiger partial charge in [0.15, 0.2) is 5.65 Å². The van der Waals surface area contributed by atoms with Crippen LogP contribution in [0.15, 0.2) is 65.3 Å². The molecule has 35 heavy (non-hydrogen) atoms. The monoisotopic (exact) mass is 469 g/mol. The van der Waals surface area contributed by atoms with E-state index in [1.165, 1.54) is 7.11 Å². The highest BCUT2D eigenvalue weighted by molar-refractivity contribution is 6.09. The molecule has 0 aliphatic heterocycles. The summed E-state index contributed by atoms with van der Waals surface area (Å²) in [5.41, 5.74) is 4.26. The van der Waals surface area contributed by atoms with Crippen molar-refractivity contribution in [2.24, 2.45) is 0 Å². The first-order chi connectivity index (χ1) is 16.9. The predicted octanol–water partition coefficient (Wildman–Crippen LogP) is 4.08. The first kappa shape index (κ1) is 22.1. The molecule has 0 atom stereocenters. The van der Waals surface area contributed by atoms with E-state index in [0.29, 0.717) is 40.0 Å². The van der Waals surface area contributed by atoms with Crippen molar-refractivity contribution in [3.63, 3.8) is 0 Å². The summed E-state index contributed by atoms with van der Waals surface area (Å²) in [7, 11) is 5.28. The first-order valence-corrected chi connectivity index (χ1v) is 10.9. The number of hydrogen-bond acceptors (Lipinski definition) is 8. The van der Waals surface area contributed by atoms with Gasteiger partial charge in [-0.1, -0.05) is 35.5 Å². The Labute approximate surface area is 201 Å². The van der Waals surface area contributed by atoms with Gasteiger partial charge >= 0.3 is 0 Å². The van der Waals surface area contributed by atoms with Crippen LogP contribution in [-0.4, -0.2) is 51.9 Å². The van der Waals surface area contributed by atoms with Gasteiger partial charge in [0, 0.05) is 31.4 Å². The third-order valence-corrected chi connectivity index (χ3v) is 5.46. The average molecular weight is 470 g/mol. The maximum Gasteiger partial charge on any atom is 0.261 e. The van der Waals surface area contributed by atoms with Crippen LogP contribution in [0.1, 0.15) is 16.1 Å². The van der Waals surface area contributed by atoms with Gasteiger partial charge in [-0.15, -0.1) is 5.10 Å². The second kappa shape index (κ2) is 8.90. The minimum absolute atomic E-state index is 0.279. The number of ether oxygens (including phenoxy) is 1. The largest absolute Gasteiger partial charge is 0.479 e. The van der Waals surface area contributed by atoms with E-state index >= 15 is 0 Å². The van der Waals surface area contributed by atoms with Gasteiger partial charge in [-0.2, -0.15) is 4.98 Å². The summed E-state index contributed by atoms with van der Waals surface area (Å²) in [6.07, 6.45) is 1.83. The summed E-state index contributed by atoms with van der Waals surface area (Å²) in [6, 6.07) is 16.8. The molecule has 10 nitrogen and oxygen atoms in total. The minimum Gasteiger partial charge on any atom is -0.479 e. The lowest BCUT2D eigenvalue weighted by molar-refractivity contribution is 0.102. The van der Waals surface area contributed by atoms with Crippen molar-refractivity contribution >= 4 is 23.2 Å². The molecule has 0 radical (unpaired) electrons. The number of nitrogens with zero attached hydrogens (tertiary/aromatic N) is 6. The van der Waals surface area contributed by atoms with Gasteiger partial charge < -0.3 is 19.5 Å². The van der Waals surface area contributed by atoms with Crippen molar-refractivity contribution in [3.05, 3.63) is 72.1 Å². The smallest absolute Gasteiger partial charge is 0.261 e. The number of rotatable bonds is 6. The number of benzene rings is 1. The fraction of sp³-hybridized carbons (Fsp3) is 0.160. The van der Waals surface area contributed by atoms with E-state index in [4.69, 9.17) is 9.26 Å². The molecule has 0 fully saturated rings. The van der Waals surface area contributed by atoms with E-state index in [-0.39, 0.29) is 11.8 Å². The molecule has 1 N–H and O–H groups in total. The zero-order valence-corrected chi connectivity index (χ0v) is 19.7. The Morgan fingerprint density at radius 2 is 1.86 bits per heavy atom. The Morgan fingerprint density at radius 1 is 1.06 bits per heavy atom. The van der Waals surface area contributed by atoms with Gasteiger partial charge in [-0.25, -0.2) is 9.50 Å². The topological polar surface area (TPSA) is 111 Å². The number of hydrogen-bond donors (Lipinski definition) is 1. The molecule has 10 heteroatoms. The molecule has 0 unspecified atom stereocenters. The third kappa shape index (κ3) is 4.17. The number of fused-ring (bicyclic) bond motifs is 1. The molecule has 0 bridgehead atoms. The lowest BCUT2D eigenvalue weighted by atomic mass is 10.1. The molecule has 176 valence electrons. The Balaban J connectivity index is 1.45. The SMILES string of the molecule is COc1nc(-c2ccn3nc(N(C)C)nc3c2)ccc1NC(=O)c1c(-c2ccccc2)noc1C. The molecule has 0 aliphatic rings. The maximum absolute atomic E-state index is 13.2. The second-order valence-electron chi connectivity index (χ2n) is 8.06. The zero-order chi connectivity index (χ0) is 24.5. The first-order valence-electron chi connectivity index (χ1n) is 10.9. The fourth-order valence-electron chi connectivity index (χ4n) is 3.69. The van der Waals surface area contributed by atoms with Crippen molar-refractivity contribution in [3.8, 4) is 28.4 Å². The average Bonchev–Trinajstić information content (AvgIpc) is 3.48. The van der Waals surface area contributed by atoms with Gasteiger partial charge in [0.05, 0.1) is 12.8 Å². The molecule has 4 heterocycles. The van der Waals surface area contributed by atoms with Crippen LogP contribution in [0.4, 0.5) is 11.6 Å². The number of methoxy groups -OCH3 is 1. The Bertz CT molecular complexity index is 1520. The Hall–Kier alpha value is -4.73. The molecular weight excluding hydrogens is 446 g/mol. The lowest BCUT2D eigenvalue weighted by Crippen LogP contribution is -2.14. The minimum atomic E-state index is -0.364. The molecule has 1 aromatic carbocycles. The van der Waals surface area contributed by atoms with Crippen LogP contribution in [0.5, 0.6) is 5.88 Å². The number of aryl methyl sites for hydroxylation is 1. The Morgan fingerprint density at radius 3 is 2.60 bits per heavy atom. The highest BCUT2D eigenvalue weighted by atomic mass is 16.5. The normalized spacial score (nSPS) is 11.0. The van der Waals surface area contributed by atoms with E-state index in [1.54, 1.807) is 17.5 Å². The van der Waals surface area contributed by atoms with Crippen LogP contribution in [0, 0.1) is 6.92 Å². The standard InChI is InChI=1S/C25H23N7O3/c1-15-21(22(30-35-15)16-8-6-5-7-9-16)23(33)26-19-11-10-18(27-24(19)34-4)17-12-13-32-20(14-17)28-25(29-32)31(2)3/h5-14H,1-4H3,(H,26,33). The molecule has 0 spiro atoms. The van der Waals surface area contributed by atoms with Crippen LogP contribution in [0.25, 0.3) is 28.2 Å². The zero-order valence-electron chi connectivity index (χ0n) is 19.7. The molecular formula is C25H23N7O3. The number of carbonyl (C=O) groups excluding carboxylic acids is 1. The predicted molar refractivity (Wildman–Crippen MR) is 132 cm³/mol. The molecule has 0 saturated heterocycles. The van der Waals surface area contributed by atoms with E-state index in [0.717, 1.165) is 11.1 Å². The van der Waals surface area contributed by atoms with Crippen LogP contribution in [-0.2, 0) is 0 Å². The number of carbonyl (C=O) groups is 1. The van der Waals surface area contributed by atoms with E-state index < -0.39 is 0 Å².